The average Bonchev–Trinajstić information content (AvgIpc) is 2.78. The van der Waals surface area contributed by atoms with Crippen molar-refractivity contribution in [1.29, 1.82) is 0 Å². The number of hydrazone groups is 1. The van der Waals surface area contributed by atoms with Crippen LogP contribution < -0.4 is 5.43 Å². The van der Waals surface area contributed by atoms with Gasteiger partial charge >= 0.3 is 0 Å². The number of anilines is 1. The first kappa shape index (κ1) is 22.6. The largest absolute Gasteiger partial charge is 0.280 e. The van der Waals surface area contributed by atoms with Crippen LogP contribution in [0.4, 0.5) is 11.4 Å². The number of aliphatic imine (C=N–C) groups is 1. The molecule has 1 N–H and O–H groups in total. The number of amidine groups is 1. The number of fused-ring (bicyclic) bond motifs is 1. The van der Waals surface area contributed by atoms with Gasteiger partial charge in [0.05, 0.1) is 11.4 Å². The van der Waals surface area contributed by atoms with Crippen LogP contribution in [-0.2, 0) is 0 Å². The zero-order valence-corrected chi connectivity index (χ0v) is 21.3. The van der Waals surface area contributed by atoms with E-state index in [9.17, 15) is 0 Å². The van der Waals surface area contributed by atoms with E-state index in [0.717, 1.165) is 31.6 Å². The van der Waals surface area contributed by atoms with Crippen LogP contribution in [0.3, 0.4) is 0 Å². The second-order valence-corrected chi connectivity index (χ2v) is 9.68. The fourth-order valence-corrected chi connectivity index (χ4v) is 3.96. The summed E-state index contributed by atoms with van der Waals surface area (Å²) in [5.74, 6) is 0.796. The molecule has 3 aromatic carbocycles. The molecular formula is C25H23Br2N5. The molecule has 1 heterocycles. The van der Waals surface area contributed by atoms with Crippen LogP contribution in [0, 0.1) is 13.8 Å². The quantitative estimate of drug-likeness (QED) is 0.152. The predicted molar refractivity (Wildman–Crippen MR) is 140 cm³/mol. The number of halogens is 2. The molecule has 0 saturated carbocycles. The molecule has 0 radical (unpaired) electrons. The number of hydrogen-bond acceptors (Lipinski definition) is 4. The molecule has 1 unspecified atom stereocenters. The van der Waals surface area contributed by atoms with Crippen molar-refractivity contribution in [3.63, 3.8) is 0 Å². The van der Waals surface area contributed by atoms with E-state index in [1.165, 1.54) is 16.7 Å². The number of hydrogen-bond donors (Lipinski definition) is 1. The third kappa shape index (κ3) is 5.22. The second-order valence-electron chi connectivity index (χ2n) is 7.84. The Labute approximate surface area is 205 Å². The molecule has 5 nitrogen and oxygen atoms in total. The van der Waals surface area contributed by atoms with Gasteiger partial charge in [0.15, 0.2) is 0 Å². The van der Waals surface area contributed by atoms with Crippen molar-refractivity contribution in [2.24, 2.45) is 20.3 Å². The standard InChI is InChI=1S/C25H23Br2N5/c1-15-12-22-17(3)14-28-24(23(22)13-16(15)2)25(31-29-20-8-4-18(26)5-9-20)32-30-21-10-6-19(27)7-11-21/h4-13,17,29H,14H2,1-3H3/b31-25+,32-30?. The predicted octanol–water partition coefficient (Wildman–Crippen LogP) is 7.94. The maximum Gasteiger partial charge on any atom is 0.219 e. The fraction of sp³-hybridized carbons (Fsp3) is 0.200. The summed E-state index contributed by atoms with van der Waals surface area (Å²) in [7, 11) is 0. The minimum absolute atomic E-state index is 0.345. The minimum atomic E-state index is 0.345. The summed E-state index contributed by atoms with van der Waals surface area (Å²) in [6.07, 6.45) is 0. The highest BCUT2D eigenvalue weighted by Crippen LogP contribution is 2.29. The van der Waals surface area contributed by atoms with Gasteiger partial charge in [-0.05, 0) is 85.1 Å². The molecule has 162 valence electrons. The molecule has 4 rings (SSSR count). The van der Waals surface area contributed by atoms with E-state index in [2.05, 4.69) is 85.5 Å². The van der Waals surface area contributed by atoms with Gasteiger partial charge in [-0.2, -0.15) is 5.10 Å². The summed E-state index contributed by atoms with van der Waals surface area (Å²) >= 11 is 6.91. The van der Waals surface area contributed by atoms with Gasteiger partial charge in [-0.15, -0.1) is 10.2 Å². The third-order valence-electron chi connectivity index (χ3n) is 5.41. The Kier molecular flexibility index (Phi) is 6.96. The van der Waals surface area contributed by atoms with Crippen LogP contribution in [-0.4, -0.2) is 18.1 Å². The molecule has 32 heavy (non-hydrogen) atoms. The molecule has 0 aromatic heterocycles. The third-order valence-corrected chi connectivity index (χ3v) is 6.47. The highest BCUT2D eigenvalue weighted by molar-refractivity contribution is 9.10. The van der Waals surface area contributed by atoms with E-state index in [4.69, 9.17) is 4.99 Å². The first-order valence-corrected chi connectivity index (χ1v) is 11.9. The first-order chi connectivity index (χ1) is 15.4. The van der Waals surface area contributed by atoms with Crippen LogP contribution in [0.25, 0.3) is 0 Å². The molecule has 1 aliphatic heterocycles. The Hall–Kier alpha value is -2.64. The van der Waals surface area contributed by atoms with Crippen LogP contribution >= 0.6 is 31.9 Å². The summed E-state index contributed by atoms with van der Waals surface area (Å²) in [5, 5.41) is 13.5. The van der Waals surface area contributed by atoms with Crippen LogP contribution in [0.5, 0.6) is 0 Å². The Morgan fingerprint density at radius 3 is 2.25 bits per heavy atom. The molecule has 0 spiro atoms. The maximum absolute atomic E-state index is 4.85. The molecule has 7 heteroatoms. The highest BCUT2D eigenvalue weighted by atomic mass is 79.9. The minimum Gasteiger partial charge on any atom is -0.280 e. The molecule has 0 fully saturated rings. The summed E-state index contributed by atoms with van der Waals surface area (Å²) < 4.78 is 2.00. The van der Waals surface area contributed by atoms with Gasteiger partial charge in [0.2, 0.25) is 5.84 Å². The zero-order chi connectivity index (χ0) is 22.7. The van der Waals surface area contributed by atoms with Crippen molar-refractivity contribution >= 4 is 54.8 Å². The summed E-state index contributed by atoms with van der Waals surface area (Å²) in [5.41, 5.74) is 10.3. The monoisotopic (exact) mass is 551 g/mol. The Bertz CT molecular complexity index is 1210. The number of azo groups is 1. The van der Waals surface area contributed by atoms with E-state index in [-0.39, 0.29) is 0 Å². The first-order valence-electron chi connectivity index (χ1n) is 10.3. The van der Waals surface area contributed by atoms with Crippen molar-refractivity contribution in [2.75, 3.05) is 12.0 Å². The van der Waals surface area contributed by atoms with Gasteiger partial charge in [0.1, 0.15) is 5.71 Å². The van der Waals surface area contributed by atoms with E-state index in [0.29, 0.717) is 18.3 Å². The Morgan fingerprint density at radius 1 is 0.938 bits per heavy atom. The average molecular weight is 553 g/mol. The Balaban J connectivity index is 1.75. The van der Waals surface area contributed by atoms with E-state index in [1.807, 2.05) is 48.5 Å². The smallest absolute Gasteiger partial charge is 0.219 e. The lowest BCUT2D eigenvalue weighted by atomic mass is 9.87. The SMILES string of the molecule is Cc1cc2c(cc1C)C(C)CN=C2/C(N=Nc1ccc(Br)cc1)=N\Nc1ccc(Br)cc1. The lowest BCUT2D eigenvalue weighted by molar-refractivity contribution is 0.760. The molecule has 3 aromatic rings. The highest BCUT2D eigenvalue weighted by Gasteiger charge is 2.24. The fourth-order valence-electron chi connectivity index (χ4n) is 3.43. The van der Waals surface area contributed by atoms with Crippen molar-refractivity contribution in [3.05, 3.63) is 91.9 Å². The molecular weight excluding hydrogens is 530 g/mol. The van der Waals surface area contributed by atoms with Gasteiger partial charge in [0.25, 0.3) is 0 Å². The van der Waals surface area contributed by atoms with Crippen LogP contribution in [0.15, 0.2) is 89.9 Å². The number of nitrogens with zero attached hydrogens (tertiary/aromatic N) is 4. The normalized spacial score (nSPS) is 16.1. The maximum atomic E-state index is 4.85. The van der Waals surface area contributed by atoms with Crippen LogP contribution in [0.1, 0.15) is 35.1 Å². The molecule has 0 saturated heterocycles. The van der Waals surface area contributed by atoms with Crippen molar-refractivity contribution in [2.45, 2.75) is 26.7 Å². The van der Waals surface area contributed by atoms with Crippen molar-refractivity contribution < 1.29 is 0 Å². The summed E-state index contributed by atoms with van der Waals surface area (Å²) in [6.45, 7) is 7.15. The lowest BCUT2D eigenvalue weighted by Gasteiger charge is -2.23. The van der Waals surface area contributed by atoms with E-state index < -0.39 is 0 Å². The van der Waals surface area contributed by atoms with E-state index in [1.54, 1.807) is 0 Å². The van der Waals surface area contributed by atoms with E-state index >= 15 is 0 Å². The molecule has 0 amide bonds. The van der Waals surface area contributed by atoms with Gasteiger partial charge in [0, 0.05) is 27.0 Å². The summed E-state index contributed by atoms with van der Waals surface area (Å²) in [4.78, 5) is 4.85. The van der Waals surface area contributed by atoms with Crippen molar-refractivity contribution in [3.8, 4) is 0 Å². The lowest BCUT2D eigenvalue weighted by Crippen LogP contribution is -2.23. The number of aryl methyl sites for hydroxylation is 2. The Morgan fingerprint density at radius 2 is 1.56 bits per heavy atom. The van der Waals surface area contributed by atoms with Gasteiger partial charge < -0.3 is 0 Å². The van der Waals surface area contributed by atoms with Gasteiger partial charge in [-0.3, -0.25) is 10.4 Å². The number of rotatable bonds is 4. The van der Waals surface area contributed by atoms with Gasteiger partial charge in [-0.25, -0.2) is 0 Å². The molecule has 0 aliphatic carbocycles. The van der Waals surface area contributed by atoms with Gasteiger partial charge in [-0.1, -0.05) is 44.8 Å². The second kappa shape index (κ2) is 9.88. The zero-order valence-electron chi connectivity index (χ0n) is 18.1. The molecule has 1 aliphatic rings. The van der Waals surface area contributed by atoms with Crippen LogP contribution in [0.2, 0.25) is 0 Å². The molecule has 0 bridgehead atoms. The molecule has 1 atom stereocenters. The number of benzene rings is 3. The summed E-state index contributed by atoms with van der Waals surface area (Å²) in [6, 6.07) is 19.9. The van der Waals surface area contributed by atoms with Crippen molar-refractivity contribution in [1.82, 2.24) is 0 Å². The topological polar surface area (TPSA) is 61.5 Å². The number of nitrogens with one attached hydrogen (secondary N) is 1.